The van der Waals surface area contributed by atoms with Gasteiger partial charge in [-0.25, -0.2) is 0 Å². The number of Topliss-reactive ketones (excluding diaryl/α,β-unsaturated/α-hetero) is 1. The monoisotopic (exact) mass is 329 g/mol. The van der Waals surface area contributed by atoms with Crippen molar-refractivity contribution in [2.45, 2.75) is 64.1 Å². The fraction of sp³-hybridized carbons (Fsp3) is 0.600. The van der Waals surface area contributed by atoms with Crippen LogP contribution in [0, 0.1) is 5.41 Å². The van der Waals surface area contributed by atoms with Gasteiger partial charge in [0.2, 0.25) is 0 Å². The standard InChI is InChI=1S/C20H27NO3/c1-3-4-12-20(19(23)24-2)17-11-10-16(13-18(20)22)21(17)14-15-8-6-5-7-9-15/h5-9,16-17H,3-4,10-14H2,1-2H3/t16-,17-,20+/m1/s1. The van der Waals surface area contributed by atoms with E-state index in [0.29, 0.717) is 12.8 Å². The predicted octanol–water partition coefficient (Wildman–Crippen LogP) is 3.34. The average Bonchev–Trinajstić information content (AvgIpc) is 2.91. The highest BCUT2D eigenvalue weighted by atomic mass is 16.5. The van der Waals surface area contributed by atoms with E-state index in [9.17, 15) is 9.59 Å². The van der Waals surface area contributed by atoms with Crippen LogP contribution in [-0.4, -0.2) is 35.8 Å². The minimum absolute atomic E-state index is 0.0250. The van der Waals surface area contributed by atoms with E-state index in [1.165, 1.54) is 12.7 Å². The van der Waals surface area contributed by atoms with E-state index in [4.69, 9.17) is 4.74 Å². The van der Waals surface area contributed by atoms with Crippen LogP contribution < -0.4 is 0 Å². The Morgan fingerprint density at radius 3 is 2.71 bits per heavy atom. The molecule has 0 N–H and O–H groups in total. The zero-order valence-electron chi connectivity index (χ0n) is 14.7. The summed E-state index contributed by atoms with van der Waals surface area (Å²) in [4.78, 5) is 28.1. The molecule has 2 fully saturated rings. The Kier molecular flexibility index (Phi) is 5.04. The van der Waals surface area contributed by atoms with Crippen LogP contribution >= 0.6 is 0 Å². The number of nitrogens with zero attached hydrogens (tertiary/aromatic N) is 1. The number of piperidine rings is 1. The van der Waals surface area contributed by atoms with Crippen LogP contribution in [0.4, 0.5) is 0 Å². The summed E-state index contributed by atoms with van der Waals surface area (Å²) in [6, 6.07) is 10.6. The lowest BCUT2D eigenvalue weighted by atomic mass is 9.69. The average molecular weight is 329 g/mol. The van der Waals surface area contributed by atoms with Gasteiger partial charge in [-0.1, -0.05) is 50.1 Å². The molecule has 0 amide bonds. The number of hydrogen-bond acceptors (Lipinski definition) is 4. The van der Waals surface area contributed by atoms with Gasteiger partial charge in [-0.2, -0.15) is 0 Å². The number of fused-ring (bicyclic) bond motifs is 2. The van der Waals surface area contributed by atoms with Gasteiger partial charge in [0.1, 0.15) is 5.41 Å². The number of esters is 1. The van der Waals surface area contributed by atoms with Gasteiger partial charge >= 0.3 is 5.97 Å². The molecule has 2 aliphatic rings. The van der Waals surface area contributed by atoms with Crippen molar-refractivity contribution in [2.24, 2.45) is 5.41 Å². The van der Waals surface area contributed by atoms with Crippen LogP contribution in [0.25, 0.3) is 0 Å². The Balaban J connectivity index is 1.93. The number of carbonyl (C=O) groups excluding carboxylic acids is 2. The first kappa shape index (κ1) is 17.2. The third kappa shape index (κ3) is 2.77. The minimum Gasteiger partial charge on any atom is -0.468 e. The molecule has 24 heavy (non-hydrogen) atoms. The summed E-state index contributed by atoms with van der Waals surface area (Å²) in [5.41, 5.74) is 0.269. The zero-order valence-corrected chi connectivity index (χ0v) is 14.7. The normalized spacial score (nSPS) is 29.7. The van der Waals surface area contributed by atoms with Gasteiger partial charge < -0.3 is 4.74 Å². The molecule has 2 heterocycles. The van der Waals surface area contributed by atoms with Crippen LogP contribution in [0.3, 0.4) is 0 Å². The molecular formula is C20H27NO3. The Labute approximate surface area is 144 Å². The van der Waals surface area contributed by atoms with Crippen molar-refractivity contribution >= 4 is 11.8 Å². The molecule has 0 aliphatic carbocycles. The zero-order chi connectivity index (χ0) is 17.2. The largest absolute Gasteiger partial charge is 0.468 e. The van der Waals surface area contributed by atoms with E-state index in [-0.39, 0.29) is 23.8 Å². The lowest BCUT2D eigenvalue weighted by molar-refractivity contribution is -0.167. The Morgan fingerprint density at radius 1 is 1.29 bits per heavy atom. The number of unbranched alkanes of at least 4 members (excludes halogenated alkanes) is 1. The molecule has 4 heteroatoms. The van der Waals surface area contributed by atoms with Crippen molar-refractivity contribution in [1.29, 1.82) is 0 Å². The van der Waals surface area contributed by atoms with E-state index < -0.39 is 5.41 Å². The molecule has 0 radical (unpaired) electrons. The molecular weight excluding hydrogens is 302 g/mol. The van der Waals surface area contributed by atoms with Crippen molar-refractivity contribution in [1.82, 2.24) is 4.90 Å². The molecule has 0 unspecified atom stereocenters. The van der Waals surface area contributed by atoms with Gasteiger partial charge in [-0.15, -0.1) is 0 Å². The third-order valence-corrected chi connectivity index (χ3v) is 5.81. The van der Waals surface area contributed by atoms with Gasteiger partial charge in [0, 0.05) is 25.0 Å². The van der Waals surface area contributed by atoms with E-state index >= 15 is 0 Å². The Hall–Kier alpha value is -1.68. The number of rotatable bonds is 6. The second-order valence-corrected chi connectivity index (χ2v) is 7.10. The van der Waals surface area contributed by atoms with Crippen LogP contribution in [0.1, 0.15) is 51.0 Å². The number of carbonyl (C=O) groups is 2. The molecule has 130 valence electrons. The summed E-state index contributed by atoms with van der Waals surface area (Å²) in [5, 5.41) is 0. The SMILES string of the molecule is CCCC[C@@]1(C(=O)OC)C(=O)C[C@H]2CC[C@H]1N2Cc1ccccc1. The van der Waals surface area contributed by atoms with E-state index in [0.717, 1.165) is 32.2 Å². The lowest BCUT2D eigenvalue weighted by Crippen LogP contribution is -2.60. The molecule has 0 saturated carbocycles. The first-order valence-corrected chi connectivity index (χ1v) is 9.05. The van der Waals surface area contributed by atoms with Crippen molar-refractivity contribution in [2.75, 3.05) is 7.11 Å². The summed E-state index contributed by atoms with van der Waals surface area (Å²) < 4.78 is 5.12. The topological polar surface area (TPSA) is 46.6 Å². The summed E-state index contributed by atoms with van der Waals surface area (Å²) in [6.45, 7) is 2.89. The highest BCUT2D eigenvalue weighted by Crippen LogP contribution is 2.48. The van der Waals surface area contributed by atoms with Gasteiger partial charge in [0.05, 0.1) is 7.11 Å². The fourth-order valence-electron chi connectivity index (χ4n) is 4.60. The van der Waals surface area contributed by atoms with Crippen molar-refractivity contribution in [3.8, 4) is 0 Å². The summed E-state index contributed by atoms with van der Waals surface area (Å²) >= 11 is 0. The first-order chi connectivity index (χ1) is 11.6. The maximum Gasteiger partial charge on any atom is 0.320 e. The fourth-order valence-corrected chi connectivity index (χ4v) is 4.60. The molecule has 2 aliphatic heterocycles. The quantitative estimate of drug-likeness (QED) is 0.593. The molecule has 1 aromatic rings. The van der Waals surface area contributed by atoms with Crippen LogP contribution in [0.15, 0.2) is 30.3 Å². The number of hydrogen-bond donors (Lipinski definition) is 0. The smallest absolute Gasteiger partial charge is 0.320 e. The molecule has 4 nitrogen and oxygen atoms in total. The van der Waals surface area contributed by atoms with Crippen molar-refractivity contribution < 1.29 is 14.3 Å². The maximum absolute atomic E-state index is 13.0. The molecule has 3 atom stereocenters. The Bertz CT molecular complexity index is 600. The molecule has 2 saturated heterocycles. The molecule has 3 rings (SSSR count). The molecule has 0 spiro atoms. The second-order valence-electron chi connectivity index (χ2n) is 7.10. The highest BCUT2D eigenvalue weighted by Gasteiger charge is 2.60. The van der Waals surface area contributed by atoms with Crippen LogP contribution in [0.5, 0.6) is 0 Å². The third-order valence-electron chi connectivity index (χ3n) is 5.81. The summed E-state index contributed by atoms with van der Waals surface area (Å²) in [5.74, 6) is -0.232. The van der Waals surface area contributed by atoms with Crippen LogP contribution in [-0.2, 0) is 20.9 Å². The predicted molar refractivity (Wildman–Crippen MR) is 92.4 cm³/mol. The summed E-state index contributed by atoms with van der Waals surface area (Å²) in [6.07, 6.45) is 4.83. The van der Waals surface area contributed by atoms with Gasteiger partial charge in [0.25, 0.3) is 0 Å². The van der Waals surface area contributed by atoms with Crippen molar-refractivity contribution in [3.63, 3.8) is 0 Å². The van der Waals surface area contributed by atoms with E-state index in [1.807, 2.05) is 18.2 Å². The van der Waals surface area contributed by atoms with Crippen LogP contribution in [0.2, 0.25) is 0 Å². The van der Waals surface area contributed by atoms with E-state index in [1.54, 1.807) is 0 Å². The number of ether oxygens (including phenoxy) is 1. The Morgan fingerprint density at radius 2 is 2.04 bits per heavy atom. The number of methoxy groups -OCH3 is 1. The van der Waals surface area contributed by atoms with E-state index in [2.05, 4.69) is 24.0 Å². The highest BCUT2D eigenvalue weighted by molar-refractivity contribution is 6.05. The molecule has 2 bridgehead atoms. The minimum atomic E-state index is -0.966. The second kappa shape index (κ2) is 7.06. The lowest BCUT2D eigenvalue weighted by Gasteiger charge is -2.45. The van der Waals surface area contributed by atoms with Gasteiger partial charge in [0.15, 0.2) is 5.78 Å². The number of ketones is 1. The van der Waals surface area contributed by atoms with Crippen molar-refractivity contribution in [3.05, 3.63) is 35.9 Å². The molecule has 1 aromatic carbocycles. The maximum atomic E-state index is 13.0. The first-order valence-electron chi connectivity index (χ1n) is 9.05. The number of benzene rings is 1. The summed E-state index contributed by atoms with van der Waals surface area (Å²) in [7, 11) is 1.41. The van der Waals surface area contributed by atoms with Gasteiger partial charge in [-0.3, -0.25) is 14.5 Å². The van der Waals surface area contributed by atoms with Gasteiger partial charge in [-0.05, 0) is 24.8 Å². The molecule has 0 aromatic heterocycles.